The minimum Gasteiger partial charge on any atom is -0.440 e. The predicted octanol–water partition coefficient (Wildman–Crippen LogP) is 4.13. The van der Waals surface area contributed by atoms with Crippen molar-refractivity contribution in [3.63, 3.8) is 0 Å². The van der Waals surface area contributed by atoms with Crippen LogP contribution in [0, 0.1) is 11.3 Å². The molecule has 0 aliphatic rings. The fourth-order valence-corrected chi connectivity index (χ4v) is 2.62. The summed E-state index contributed by atoms with van der Waals surface area (Å²) in [6, 6.07) is 14.4. The molecule has 0 aliphatic carbocycles. The highest BCUT2D eigenvalue weighted by atomic mass is 32.1. The van der Waals surface area contributed by atoms with E-state index in [2.05, 4.69) is 5.32 Å². The summed E-state index contributed by atoms with van der Waals surface area (Å²) in [5.74, 6) is -0.142. The zero-order chi connectivity index (χ0) is 14.7. The SMILES string of the molecule is N#Cc1ccc(C(=O)Nc2ccccc2-c2ccsc2)o1. The highest BCUT2D eigenvalue weighted by molar-refractivity contribution is 7.08. The smallest absolute Gasteiger partial charge is 0.291 e. The number of rotatable bonds is 3. The molecule has 0 bridgehead atoms. The molecular formula is C16H10N2O2S. The maximum Gasteiger partial charge on any atom is 0.291 e. The van der Waals surface area contributed by atoms with E-state index in [-0.39, 0.29) is 17.4 Å². The predicted molar refractivity (Wildman–Crippen MR) is 81.1 cm³/mol. The number of para-hydroxylation sites is 1. The van der Waals surface area contributed by atoms with Crippen molar-refractivity contribution in [2.24, 2.45) is 0 Å². The van der Waals surface area contributed by atoms with Gasteiger partial charge in [0.05, 0.1) is 0 Å². The molecule has 102 valence electrons. The van der Waals surface area contributed by atoms with Gasteiger partial charge in [-0.25, -0.2) is 0 Å². The van der Waals surface area contributed by atoms with Gasteiger partial charge in [-0.05, 0) is 40.6 Å². The van der Waals surface area contributed by atoms with Crippen molar-refractivity contribution in [1.82, 2.24) is 0 Å². The summed E-state index contributed by atoms with van der Waals surface area (Å²) in [5, 5.41) is 15.5. The zero-order valence-corrected chi connectivity index (χ0v) is 11.7. The van der Waals surface area contributed by atoms with Crippen LogP contribution < -0.4 is 5.32 Å². The lowest BCUT2D eigenvalue weighted by atomic mass is 10.1. The average Bonchev–Trinajstić information content (AvgIpc) is 3.19. The summed E-state index contributed by atoms with van der Waals surface area (Å²) in [6.07, 6.45) is 0. The number of carbonyl (C=O) groups excluding carboxylic acids is 1. The molecule has 1 aromatic carbocycles. The van der Waals surface area contributed by atoms with E-state index in [0.717, 1.165) is 11.1 Å². The summed E-state index contributed by atoms with van der Waals surface area (Å²) in [5.41, 5.74) is 2.70. The number of furan rings is 1. The number of carbonyl (C=O) groups is 1. The Bertz CT molecular complexity index is 813. The van der Waals surface area contributed by atoms with Gasteiger partial charge >= 0.3 is 0 Å². The Morgan fingerprint density at radius 3 is 2.76 bits per heavy atom. The molecule has 4 nitrogen and oxygen atoms in total. The van der Waals surface area contributed by atoms with Gasteiger partial charge in [0.2, 0.25) is 5.76 Å². The fraction of sp³-hybridized carbons (Fsp3) is 0. The number of nitriles is 1. The van der Waals surface area contributed by atoms with E-state index in [1.165, 1.54) is 12.1 Å². The molecule has 0 radical (unpaired) electrons. The van der Waals surface area contributed by atoms with Gasteiger partial charge in [-0.15, -0.1) is 0 Å². The van der Waals surface area contributed by atoms with E-state index in [4.69, 9.17) is 9.68 Å². The third-order valence-corrected chi connectivity index (χ3v) is 3.63. The first-order chi connectivity index (χ1) is 10.3. The van der Waals surface area contributed by atoms with E-state index in [9.17, 15) is 4.79 Å². The first-order valence-corrected chi connectivity index (χ1v) is 7.15. The summed E-state index contributed by atoms with van der Waals surface area (Å²) in [7, 11) is 0. The molecular weight excluding hydrogens is 284 g/mol. The molecule has 3 aromatic rings. The molecule has 5 heteroatoms. The Balaban J connectivity index is 1.89. The third kappa shape index (κ3) is 2.71. The second-order valence-corrected chi connectivity index (χ2v) is 5.07. The van der Waals surface area contributed by atoms with Gasteiger partial charge in [-0.1, -0.05) is 18.2 Å². The quantitative estimate of drug-likeness (QED) is 0.789. The average molecular weight is 294 g/mol. The number of hydrogen-bond acceptors (Lipinski definition) is 4. The van der Waals surface area contributed by atoms with Crippen molar-refractivity contribution in [1.29, 1.82) is 5.26 Å². The number of hydrogen-bond donors (Lipinski definition) is 1. The van der Waals surface area contributed by atoms with E-state index < -0.39 is 0 Å². The molecule has 2 heterocycles. The van der Waals surface area contributed by atoms with Crippen molar-refractivity contribution in [3.8, 4) is 17.2 Å². The molecule has 0 unspecified atom stereocenters. The molecule has 0 atom stereocenters. The molecule has 1 N–H and O–H groups in total. The van der Waals surface area contributed by atoms with E-state index in [1.54, 1.807) is 11.3 Å². The summed E-state index contributed by atoms with van der Waals surface area (Å²) in [6.45, 7) is 0. The van der Waals surface area contributed by atoms with E-state index in [0.29, 0.717) is 5.69 Å². The van der Waals surface area contributed by atoms with Gasteiger partial charge in [0.25, 0.3) is 5.91 Å². The van der Waals surface area contributed by atoms with Gasteiger partial charge in [0.1, 0.15) is 6.07 Å². The van der Waals surface area contributed by atoms with Crippen LogP contribution in [0.4, 0.5) is 5.69 Å². The van der Waals surface area contributed by atoms with Gasteiger partial charge in [0.15, 0.2) is 5.76 Å². The van der Waals surface area contributed by atoms with Crippen LogP contribution >= 0.6 is 11.3 Å². The standard InChI is InChI=1S/C16H10N2O2S/c17-9-12-5-6-15(20-12)16(19)18-14-4-2-1-3-13(14)11-7-8-21-10-11/h1-8,10H,(H,18,19). The van der Waals surface area contributed by atoms with Crippen molar-refractivity contribution in [2.75, 3.05) is 5.32 Å². The molecule has 0 saturated carbocycles. The Kier molecular flexibility index (Phi) is 3.54. The minimum atomic E-state index is -0.376. The van der Waals surface area contributed by atoms with Gasteiger partial charge < -0.3 is 9.73 Å². The molecule has 1 amide bonds. The lowest BCUT2D eigenvalue weighted by Crippen LogP contribution is -2.11. The van der Waals surface area contributed by atoms with Crippen LogP contribution in [0.5, 0.6) is 0 Å². The molecule has 0 saturated heterocycles. The lowest BCUT2D eigenvalue weighted by molar-refractivity contribution is 0.0996. The summed E-state index contributed by atoms with van der Waals surface area (Å²) >= 11 is 1.60. The van der Waals surface area contributed by atoms with E-state index >= 15 is 0 Å². The van der Waals surface area contributed by atoms with Crippen molar-refractivity contribution >= 4 is 22.9 Å². The second kappa shape index (κ2) is 5.65. The minimum absolute atomic E-state index is 0.117. The number of nitrogens with one attached hydrogen (secondary N) is 1. The van der Waals surface area contributed by atoms with Crippen molar-refractivity contribution in [2.45, 2.75) is 0 Å². The molecule has 2 aromatic heterocycles. The first-order valence-electron chi connectivity index (χ1n) is 6.21. The Labute approximate surface area is 125 Å². The maximum absolute atomic E-state index is 12.2. The van der Waals surface area contributed by atoms with Crippen molar-refractivity contribution in [3.05, 3.63) is 64.7 Å². The lowest BCUT2D eigenvalue weighted by Gasteiger charge is -2.08. The van der Waals surface area contributed by atoms with Crippen LogP contribution in [0.15, 0.2) is 57.6 Å². The third-order valence-electron chi connectivity index (χ3n) is 2.95. The van der Waals surface area contributed by atoms with Crippen LogP contribution in [-0.4, -0.2) is 5.91 Å². The number of amides is 1. The largest absolute Gasteiger partial charge is 0.440 e. The maximum atomic E-state index is 12.2. The monoisotopic (exact) mass is 294 g/mol. The number of anilines is 1. The van der Waals surface area contributed by atoms with Crippen LogP contribution in [0.3, 0.4) is 0 Å². The molecule has 0 fully saturated rings. The van der Waals surface area contributed by atoms with Crippen LogP contribution in [0.25, 0.3) is 11.1 Å². The van der Waals surface area contributed by atoms with Gasteiger partial charge in [0, 0.05) is 11.3 Å². The second-order valence-electron chi connectivity index (χ2n) is 4.29. The fourth-order valence-electron chi connectivity index (χ4n) is 1.97. The van der Waals surface area contributed by atoms with Gasteiger partial charge in [-0.3, -0.25) is 4.79 Å². The molecule has 0 aliphatic heterocycles. The molecule has 21 heavy (non-hydrogen) atoms. The highest BCUT2D eigenvalue weighted by Gasteiger charge is 2.13. The molecule has 3 rings (SSSR count). The van der Waals surface area contributed by atoms with Crippen LogP contribution in [0.2, 0.25) is 0 Å². The van der Waals surface area contributed by atoms with Gasteiger partial charge in [-0.2, -0.15) is 16.6 Å². The Morgan fingerprint density at radius 1 is 1.19 bits per heavy atom. The number of thiophene rings is 1. The first kappa shape index (κ1) is 13.2. The Hall–Kier alpha value is -2.84. The molecule has 0 spiro atoms. The zero-order valence-electron chi connectivity index (χ0n) is 10.9. The normalized spacial score (nSPS) is 10.0. The van der Waals surface area contributed by atoms with E-state index in [1.807, 2.05) is 47.2 Å². The van der Waals surface area contributed by atoms with Crippen molar-refractivity contribution < 1.29 is 9.21 Å². The summed E-state index contributed by atoms with van der Waals surface area (Å²) in [4.78, 5) is 12.2. The number of benzene rings is 1. The highest BCUT2D eigenvalue weighted by Crippen LogP contribution is 2.29. The van der Waals surface area contributed by atoms with Crippen LogP contribution in [0.1, 0.15) is 16.3 Å². The van der Waals surface area contributed by atoms with Crippen LogP contribution in [-0.2, 0) is 0 Å². The Morgan fingerprint density at radius 2 is 2.05 bits per heavy atom. The topological polar surface area (TPSA) is 66.0 Å². The number of nitrogens with zero attached hydrogens (tertiary/aromatic N) is 1. The summed E-state index contributed by atoms with van der Waals surface area (Å²) < 4.78 is 5.13.